The molecule has 0 spiro atoms. The van der Waals surface area contributed by atoms with Gasteiger partial charge in [-0.3, -0.25) is 4.79 Å². The summed E-state index contributed by atoms with van der Waals surface area (Å²) in [5.74, 6) is 0.814. The van der Waals surface area contributed by atoms with Crippen LogP contribution in [0.3, 0.4) is 0 Å². The van der Waals surface area contributed by atoms with Gasteiger partial charge in [0.25, 0.3) is 0 Å². The van der Waals surface area contributed by atoms with Gasteiger partial charge in [0.2, 0.25) is 0 Å². The molecule has 1 heterocycles. The Balaban J connectivity index is 2.04. The molecule has 4 nitrogen and oxygen atoms in total. The Morgan fingerprint density at radius 3 is 2.45 bits per heavy atom. The number of para-hydroxylation sites is 1. The second-order valence-electron chi connectivity index (χ2n) is 7.82. The summed E-state index contributed by atoms with van der Waals surface area (Å²) in [6.45, 7) is 7.72. The number of rotatable bonds is 10. The molecule has 0 saturated carbocycles. The molecule has 5 heteroatoms. The van der Waals surface area contributed by atoms with Crippen LogP contribution in [0.1, 0.15) is 68.4 Å². The number of nitrogens with one attached hydrogen (secondary N) is 1. The fourth-order valence-corrected chi connectivity index (χ4v) is 4.28. The zero-order valence-corrected chi connectivity index (χ0v) is 19.5. The smallest absolute Gasteiger partial charge is 0.193 e. The van der Waals surface area contributed by atoms with Gasteiger partial charge in [-0.15, -0.1) is 0 Å². The van der Waals surface area contributed by atoms with Crippen molar-refractivity contribution in [2.75, 3.05) is 13.2 Å². The van der Waals surface area contributed by atoms with E-state index in [0.29, 0.717) is 17.3 Å². The van der Waals surface area contributed by atoms with Crippen LogP contribution in [0, 0.1) is 0 Å². The highest BCUT2D eigenvalue weighted by atomic mass is 32.1. The van der Waals surface area contributed by atoms with E-state index in [1.165, 1.54) is 0 Å². The van der Waals surface area contributed by atoms with Crippen LogP contribution in [0.5, 0.6) is 5.75 Å². The first-order valence-corrected chi connectivity index (χ1v) is 11.6. The average Bonchev–Trinajstić information content (AvgIpc) is 2.79. The first-order chi connectivity index (χ1) is 15.1. The van der Waals surface area contributed by atoms with Crippen LogP contribution in [0.2, 0.25) is 0 Å². The van der Waals surface area contributed by atoms with Gasteiger partial charge in [0, 0.05) is 28.9 Å². The van der Waals surface area contributed by atoms with E-state index in [2.05, 4.69) is 19.2 Å². The molecule has 2 aromatic carbocycles. The number of carbonyl (C=O) groups excluding carboxylic acids is 1. The molecule has 1 atom stereocenters. The average molecular weight is 437 g/mol. The first-order valence-electron chi connectivity index (χ1n) is 11.2. The van der Waals surface area contributed by atoms with Crippen LogP contribution in [-0.2, 0) is 0 Å². The predicted octanol–water partition coefficient (Wildman–Crippen LogP) is 6.05. The molecule has 0 radical (unpaired) electrons. The van der Waals surface area contributed by atoms with Crippen LogP contribution >= 0.6 is 12.2 Å². The number of carbonyl (C=O) groups is 1. The zero-order valence-electron chi connectivity index (χ0n) is 18.7. The van der Waals surface area contributed by atoms with Crippen LogP contribution < -0.4 is 10.1 Å². The van der Waals surface area contributed by atoms with Crippen LogP contribution in [0.25, 0.3) is 0 Å². The summed E-state index contributed by atoms with van der Waals surface area (Å²) in [4.78, 5) is 15.7. The second kappa shape index (κ2) is 11.1. The van der Waals surface area contributed by atoms with Gasteiger partial charge < -0.3 is 15.0 Å². The highest BCUT2D eigenvalue weighted by molar-refractivity contribution is 7.80. The van der Waals surface area contributed by atoms with Crippen molar-refractivity contribution in [1.82, 2.24) is 10.2 Å². The third-order valence-corrected chi connectivity index (χ3v) is 5.90. The Labute approximate surface area is 191 Å². The number of hydrogen-bond acceptors (Lipinski definition) is 3. The van der Waals surface area contributed by atoms with E-state index < -0.39 is 0 Å². The van der Waals surface area contributed by atoms with E-state index in [1.54, 1.807) is 0 Å². The van der Waals surface area contributed by atoms with Crippen LogP contribution in [-0.4, -0.2) is 28.9 Å². The molecular weight excluding hydrogens is 404 g/mol. The fourth-order valence-electron chi connectivity index (χ4n) is 3.93. The van der Waals surface area contributed by atoms with Gasteiger partial charge in [0.1, 0.15) is 5.75 Å². The summed E-state index contributed by atoms with van der Waals surface area (Å²) >= 11 is 5.70. The number of Topliss-reactive ketones (excluding diaryl/α,β-unsaturated/α-hetero) is 1. The number of ether oxygens (including phenoxy) is 1. The molecule has 0 fully saturated rings. The lowest BCUT2D eigenvalue weighted by atomic mass is 9.88. The molecule has 164 valence electrons. The van der Waals surface area contributed by atoms with Crippen LogP contribution in [0.15, 0.2) is 65.9 Å². The van der Waals surface area contributed by atoms with E-state index in [4.69, 9.17) is 17.0 Å². The van der Waals surface area contributed by atoms with Gasteiger partial charge in [-0.05, 0) is 38.0 Å². The summed E-state index contributed by atoms with van der Waals surface area (Å²) in [5, 5.41) is 4.09. The minimum atomic E-state index is -0.351. The third-order valence-electron chi connectivity index (χ3n) is 5.56. The van der Waals surface area contributed by atoms with Gasteiger partial charge in [0.15, 0.2) is 10.9 Å². The normalized spacial score (nSPS) is 16.3. The number of nitrogens with zero attached hydrogens (tertiary/aromatic N) is 1. The number of unbranched alkanes of at least 4 members (excludes halogenated alkanes) is 2. The SMILES string of the molecule is CCCCCOc1ccccc1C1NC(=S)N(CCC)C(C)=C1C(=O)c1ccccc1. The monoisotopic (exact) mass is 436 g/mol. The number of benzene rings is 2. The largest absolute Gasteiger partial charge is 0.493 e. The lowest BCUT2D eigenvalue weighted by molar-refractivity contribution is 0.102. The summed E-state index contributed by atoms with van der Waals surface area (Å²) in [7, 11) is 0. The molecule has 1 aliphatic rings. The molecule has 3 rings (SSSR count). The maximum absolute atomic E-state index is 13.7. The third kappa shape index (κ3) is 5.34. The van der Waals surface area contributed by atoms with E-state index in [9.17, 15) is 4.79 Å². The lowest BCUT2D eigenvalue weighted by Gasteiger charge is -2.38. The summed E-state index contributed by atoms with van der Waals surface area (Å²) in [5.41, 5.74) is 3.24. The summed E-state index contributed by atoms with van der Waals surface area (Å²) in [6.07, 6.45) is 4.23. The van der Waals surface area contributed by atoms with Crippen molar-refractivity contribution in [2.24, 2.45) is 0 Å². The highest BCUT2D eigenvalue weighted by Gasteiger charge is 2.35. The van der Waals surface area contributed by atoms with Crippen molar-refractivity contribution in [1.29, 1.82) is 0 Å². The molecule has 2 aromatic rings. The van der Waals surface area contributed by atoms with Crippen molar-refractivity contribution < 1.29 is 9.53 Å². The molecule has 0 aromatic heterocycles. The van der Waals surface area contributed by atoms with E-state index >= 15 is 0 Å². The first kappa shape index (κ1) is 23.0. The van der Waals surface area contributed by atoms with Gasteiger partial charge in [0.05, 0.1) is 12.6 Å². The molecule has 31 heavy (non-hydrogen) atoms. The Kier molecular flexibility index (Phi) is 8.24. The zero-order chi connectivity index (χ0) is 22.2. The molecule has 0 amide bonds. The number of ketones is 1. The van der Waals surface area contributed by atoms with Crippen molar-refractivity contribution in [3.05, 3.63) is 77.0 Å². The van der Waals surface area contributed by atoms with E-state index in [1.807, 2.05) is 66.4 Å². The fraction of sp³-hybridized carbons (Fsp3) is 0.385. The minimum absolute atomic E-state index is 0.0139. The molecule has 1 unspecified atom stereocenters. The Hall–Kier alpha value is -2.66. The second-order valence-corrected chi connectivity index (χ2v) is 8.21. The van der Waals surface area contributed by atoms with Gasteiger partial charge >= 0.3 is 0 Å². The maximum Gasteiger partial charge on any atom is 0.193 e. The topological polar surface area (TPSA) is 41.6 Å². The maximum atomic E-state index is 13.7. The Morgan fingerprint density at radius 1 is 1.03 bits per heavy atom. The molecule has 0 bridgehead atoms. The molecule has 1 N–H and O–H groups in total. The van der Waals surface area contributed by atoms with E-state index in [-0.39, 0.29) is 11.8 Å². The Morgan fingerprint density at radius 2 is 1.74 bits per heavy atom. The molecule has 1 aliphatic heterocycles. The summed E-state index contributed by atoms with van der Waals surface area (Å²) < 4.78 is 6.14. The molecular formula is C26H32N2O2S. The van der Waals surface area contributed by atoms with Gasteiger partial charge in [-0.1, -0.05) is 75.2 Å². The van der Waals surface area contributed by atoms with Crippen molar-refractivity contribution in [3.8, 4) is 5.75 Å². The summed E-state index contributed by atoms with van der Waals surface area (Å²) in [6, 6.07) is 17.0. The lowest BCUT2D eigenvalue weighted by Crippen LogP contribution is -2.48. The molecule has 0 aliphatic carbocycles. The van der Waals surface area contributed by atoms with E-state index in [0.717, 1.165) is 54.8 Å². The van der Waals surface area contributed by atoms with Gasteiger partial charge in [-0.25, -0.2) is 0 Å². The quantitative estimate of drug-likeness (QED) is 0.279. The van der Waals surface area contributed by atoms with Gasteiger partial charge in [-0.2, -0.15) is 0 Å². The predicted molar refractivity (Wildman–Crippen MR) is 130 cm³/mol. The van der Waals surface area contributed by atoms with Crippen LogP contribution in [0.4, 0.5) is 0 Å². The minimum Gasteiger partial charge on any atom is -0.493 e. The number of hydrogen-bond donors (Lipinski definition) is 1. The number of thiocarbonyl (C=S) groups is 1. The highest BCUT2D eigenvalue weighted by Crippen LogP contribution is 2.37. The number of allylic oxidation sites excluding steroid dienone is 1. The Bertz CT molecular complexity index is 939. The standard InChI is InChI=1S/C26H32N2O2S/c1-4-6-12-18-30-22-16-11-10-15-21(22)24-23(25(29)20-13-8-7-9-14-20)19(3)28(17-5-2)26(31)27-24/h7-11,13-16,24H,4-6,12,17-18H2,1-3H3,(H,27,31). The molecule has 0 saturated heterocycles. The van der Waals surface area contributed by atoms with Crippen molar-refractivity contribution in [2.45, 2.75) is 52.5 Å². The van der Waals surface area contributed by atoms with Crippen molar-refractivity contribution in [3.63, 3.8) is 0 Å². The van der Waals surface area contributed by atoms with Crippen molar-refractivity contribution >= 4 is 23.1 Å².